The second-order valence-corrected chi connectivity index (χ2v) is 8.85. The van der Waals surface area contributed by atoms with Gasteiger partial charge in [0.15, 0.2) is 6.54 Å². The van der Waals surface area contributed by atoms with Crippen molar-refractivity contribution in [3.05, 3.63) is 54.1 Å². The fourth-order valence-electron chi connectivity index (χ4n) is 2.55. The van der Waals surface area contributed by atoms with Crippen LogP contribution in [0.2, 0.25) is 0 Å². The van der Waals surface area contributed by atoms with Crippen molar-refractivity contribution in [3.8, 4) is 5.75 Å². The number of benzene rings is 2. The van der Waals surface area contributed by atoms with Crippen LogP contribution < -0.4 is 10.6 Å². The van der Waals surface area contributed by atoms with Crippen LogP contribution in [0.3, 0.4) is 0 Å². The normalized spacial score (nSPS) is 13.9. The van der Waals surface area contributed by atoms with Crippen LogP contribution in [-0.2, 0) is 14.8 Å². The molecule has 0 radical (unpaired) electrons. The van der Waals surface area contributed by atoms with Crippen molar-refractivity contribution in [2.75, 3.05) is 26.0 Å². The van der Waals surface area contributed by atoms with Gasteiger partial charge in [-0.3, -0.25) is 4.79 Å². The Bertz CT molecular complexity index is 913. The van der Waals surface area contributed by atoms with Gasteiger partial charge in [-0.25, -0.2) is 12.7 Å². The highest BCUT2D eigenvalue weighted by Gasteiger charge is 2.21. The fraction of sp³-hybridized carbons (Fsp3) is 0.316. The molecule has 1 amide bonds. The number of aromatic hydroxyl groups is 1. The molecule has 0 aliphatic heterocycles. The molecule has 2 aromatic carbocycles. The van der Waals surface area contributed by atoms with E-state index in [1.165, 1.54) is 38.4 Å². The van der Waals surface area contributed by atoms with E-state index >= 15 is 0 Å². The van der Waals surface area contributed by atoms with E-state index in [0.717, 1.165) is 4.31 Å². The Balaban J connectivity index is 1.94. The van der Waals surface area contributed by atoms with Crippen LogP contribution in [0.1, 0.15) is 18.6 Å². The molecule has 152 valence electrons. The summed E-state index contributed by atoms with van der Waals surface area (Å²) in [5.74, 6) is -0.199. The summed E-state index contributed by atoms with van der Waals surface area (Å²) >= 11 is 0. The number of aliphatic hydroxyl groups is 1. The van der Waals surface area contributed by atoms with Crippen LogP contribution in [-0.4, -0.2) is 55.5 Å². The molecule has 0 heterocycles. The minimum atomic E-state index is -3.58. The summed E-state index contributed by atoms with van der Waals surface area (Å²) in [5.41, 5.74) is 1.02. The van der Waals surface area contributed by atoms with Crippen LogP contribution >= 0.6 is 0 Å². The highest BCUT2D eigenvalue weighted by Crippen LogP contribution is 2.19. The summed E-state index contributed by atoms with van der Waals surface area (Å²) < 4.78 is 25.5. The molecule has 0 fully saturated rings. The number of anilines is 1. The van der Waals surface area contributed by atoms with Gasteiger partial charge in [0.25, 0.3) is 5.91 Å². The third kappa shape index (κ3) is 5.52. The topological polar surface area (TPSA) is 124 Å². The van der Waals surface area contributed by atoms with E-state index in [4.69, 9.17) is 0 Å². The van der Waals surface area contributed by atoms with Gasteiger partial charge in [0.05, 0.1) is 4.90 Å². The number of nitrogens with one attached hydrogen (secondary N) is 1. The Labute approximate surface area is 164 Å². The van der Waals surface area contributed by atoms with E-state index in [1.807, 2.05) is 0 Å². The maximum Gasteiger partial charge on any atom is 0.279 e. The standard InChI is InChI=1S/C19H25N3O5S/c1-13(19(25)14-7-9-16(23)10-8-14)20-12-18(24)21-15-5-4-6-17(11-15)28(26,27)22(2)3/h4-11,13,19-20,23,25H,12H2,1-3H3,(H,21,24)/p+1/t13-,19-/m0/s1. The van der Waals surface area contributed by atoms with E-state index in [9.17, 15) is 23.4 Å². The lowest BCUT2D eigenvalue weighted by molar-refractivity contribution is -0.684. The first-order valence-electron chi connectivity index (χ1n) is 8.74. The van der Waals surface area contributed by atoms with Gasteiger partial charge in [-0.15, -0.1) is 0 Å². The number of hydrogen-bond acceptors (Lipinski definition) is 5. The van der Waals surface area contributed by atoms with Crippen molar-refractivity contribution in [3.63, 3.8) is 0 Å². The summed E-state index contributed by atoms with van der Waals surface area (Å²) in [6.07, 6.45) is -0.804. The second kappa shape index (κ2) is 9.16. The van der Waals surface area contributed by atoms with E-state index in [0.29, 0.717) is 11.3 Å². The SMILES string of the molecule is C[C@H]([NH2+]CC(=O)Nc1cccc(S(=O)(=O)N(C)C)c1)[C@H](O)c1ccc(O)cc1. The molecule has 28 heavy (non-hydrogen) atoms. The molecular weight excluding hydrogens is 382 g/mol. The molecule has 0 spiro atoms. The van der Waals surface area contributed by atoms with Gasteiger partial charge < -0.3 is 20.8 Å². The van der Waals surface area contributed by atoms with Crippen LogP contribution in [0.5, 0.6) is 5.75 Å². The number of aliphatic hydroxyl groups excluding tert-OH is 1. The number of quaternary nitrogens is 1. The molecule has 9 heteroatoms. The summed E-state index contributed by atoms with van der Waals surface area (Å²) in [5, 5.41) is 24.0. The van der Waals surface area contributed by atoms with Crippen molar-refractivity contribution >= 4 is 21.6 Å². The molecule has 0 saturated heterocycles. The predicted molar refractivity (Wildman–Crippen MR) is 105 cm³/mol. The zero-order valence-corrected chi connectivity index (χ0v) is 16.8. The number of amides is 1. The lowest BCUT2D eigenvalue weighted by atomic mass is 10.0. The number of hydrogen-bond donors (Lipinski definition) is 4. The first-order chi connectivity index (χ1) is 13.1. The Morgan fingerprint density at radius 3 is 2.43 bits per heavy atom. The van der Waals surface area contributed by atoms with Gasteiger partial charge in [0, 0.05) is 19.8 Å². The minimum Gasteiger partial charge on any atom is -0.508 e. The molecule has 0 aromatic heterocycles. The van der Waals surface area contributed by atoms with E-state index < -0.39 is 16.1 Å². The monoisotopic (exact) mass is 408 g/mol. The van der Waals surface area contributed by atoms with E-state index in [-0.39, 0.29) is 29.1 Å². The van der Waals surface area contributed by atoms with Crippen molar-refractivity contribution < 1.29 is 28.7 Å². The van der Waals surface area contributed by atoms with Gasteiger partial charge >= 0.3 is 0 Å². The van der Waals surface area contributed by atoms with Crippen molar-refractivity contribution in [1.29, 1.82) is 0 Å². The molecule has 2 atom stereocenters. The van der Waals surface area contributed by atoms with Crippen LogP contribution in [0.15, 0.2) is 53.4 Å². The number of phenols is 1. The molecule has 5 N–H and O–H groups in total. The molecule has 0 saturated carbocycles. The number of nitrogens with zero attached hydrogens (tertiary/aromatic N) is 1. The first-order valence-corrected chi connectivity index (χ1v) is 10.2. The molecule has 0 unspecified atom stereocenters. The van der Waals surface area contributed by atoms with Crippen LogP contribution in [0.4, 0.5) is 5.69 Å². The zero-order chi connectivity index (χ0) is 20.9. The third-order valence-electron chi connectivity index (χ3n) is 4.30. The molecule has 0 bridgehead atoms. The second-order valence-electron chi connectivity index (χ2n) is 6.70. The summed E-state index contributed by atoms with van der Waals surface area (Å²) in [7, 11) is -0.701. The quantitative estimate of drug-likeness (QED) is 0.499. The van der Waals surface area contributed by atoms with Gasteiger partial charge in [0.1, 0.15) is 17.9 Å². The number of nitrogens with two attached hydrogens (primary N) is 1. The summed E-state index contributed by atoms with van der Waals surface area (Å²) in [6.45, 7) is 1.84. The Hall–Kier alpha value is -2.46. The maximum atomic E-state index is 12.2. The number of rotatable bonds is 8. The molecule has 0 aliphatic carbocycles. The van der Waals surface area contributed by atoms with Crippen molar-refractivity contribution in [2.24, 2.45) is 0 Å². The van der Waals surface area contributed by atoms with Crippen LogP contribution in [0, 0.1) is 0 Å². The Morgan fingerprint density at radius 1 is 1.18 bits per heavy atom. The molecular formula is C19H26N3O5S+. The van der Waals surface area contributed by atoms with Crippen molar-refractivity contribution in [2.45, 2.75) is 24.0 Å². The van der Waals surface area contributed by atoms with Crippen LogP contribution in [0.25, 0.3) is 0 Å². The highest BCUT2D eigenvalue weighted by atomic mass is 32.2. The fourth-order valence-corrected chi connectivity index (χ4v) is 3.50. The average Bonchev–Trinajstić information content (AvgIpc) is 2.66. The lowest BCUT2D eigenvalue weighted by Gasteiger charge is -2.18. The molecule has 0 aliphatic rings. The van der Waals surface area contributed by atoms with Gasteiger partial charge in [0.2, 0.25) is 10.0 Å². The Kier molecular flexibility index (Phi) is 7.14. The Morgan fingerprint density at radius 2 is 1.82 bits per heavy atom. The molecule has 2 aromatic rings. The molecule has 2 rings (SSSR count). The smallest absolute Gasteiger partial charge is 0.279 e. The lowest BCUT2D eigenvalue weighted by Crippen LogP contribution is -2.92. The van der Waals surface area contributed by atoms with Crippen molar-refractivity contribution in [1.82, 2.24) is 4.31 Å². The number of phenolic OH excluding ortho intramolecular Hbond substituents is 1. The molecule has 8 nitrogen and oxygen atoms in total. The maximum absolute atomic E-state index is 12.2. The number of carbonyl (C=O) groups is 1. The van der Waals surface area contributed by atoms with Gasteiger partial charge in [-0.05, 0) is 42.8 Å². The number of carbonyl (C=O) groups excluding carboxylic acids is 1. The first kappa shape index (κ1) is 21.8. The summed E-state index contributed by atoms with van der Waals surface area (Å²) in [6, 6.07) is 12.0. The zero-order valence-electron chi connectivity index (χ0n) is 16.0. The minimum absolute atomic E-state index is 0.0565. The van der Waals surface area contributed by atoms with E-state index in [2.05, 4.69) is 5.32 Å². The highest BCUT2D eigenvalue weighted by molar-refractivity contribution is 7.89. The number of sulfonamides is 1. The largest absolute Gasteiger partial charge is 0.508 e. The van der Waals surface area contributed by atoms with Gasteiger partial charge in [-0.1, -0.05) is 18.2 Å². The van der Waals surface area contributed by atoms with E-state index in [1.54, 1.807) is 36.5 Å². The third-order valence-corrected chi connectivity index (χ3v) is 6.12. The average molecular weight is 409 g/mol. The van der Waals surface area contributed by atoms with Gasteiger partial charge in [-0.2, -0.15) is 0 Å². The predicted octanol–water partition coefficient (Wildman–Crippen LogP) is 0.267. The summed E-state index contributed by atoms with van der Waals surface area (Å²) in [4.78, 5) is 12.3.